The molecule has 2 aromatic heterocycles. The van der Waals surface area contributed by atoms with Crippen LogP contribution in [0.4, 0.5) is 0 Å². The molecule has 0 aliphatic heterocycles. The van der Waals surface area contributed by atoms with Gasteiger partial charge in [-0.15, -0.1) is 0 Å². The standard InChI is InChI=1S/C28H21BrClN3O5/c1-16(2)37-26(34)15-36-23-10-8-20(30)12-18(23)14-31-33-27(32-22-6-4-3-5-21(22)28(33)35)25-13-17-11-19(29)7-9-24(17)38-25/h3-14,16H,15H2,1-2H3. The molecule has 5 aromatic rings. The van der Waals surface area contributed by atoms with Crippen molar-refractivity contribution in [3.8, 4) is 17.3 Å². The van der Waals surface area contributed by atoms with Gasteiger partial charge in [0, 0.05) is 20.4 Å². The minimum Gasteiger partial charge on any atom is -0.481 e. The Hall–Kier alpha value is -3.95. The summed E-state index contributed by atoms with van der Waals surface area (Å²) in [7, 11) is 0. The molecule has 3 aromatic carbocycles. The van der Waals surface area contributed by atoms with Gasteiger partial charge in [0.2, 0.25) is 5.82 Å². The van der Waals surface area contributed by atoms with Crippen molar-refractivity contribution < 1.29 is 18.7 Å². The molecular formula is C28H21BrClN3O5. The summed E-state index contributed by atoms with van der Waals surface area (Å²) in [6, 6.07) is 19.3. The molecule has 8 nitrogen and oxygen atoms in total. The molecule has 5 rings (SSSR count). The van der Waals surface area contributed by atoms with E-state index in [0.717, 1.165) is 9.86 Å². The van der Waals surface area contributed by atoms with Gasteiger partial charge in [0.15, 0.2) is 12.4 Å². The van der Waals surface area contributed by atoms with Crippen molar-refractivity contribution >= 4 is 61.6 Å². The lowest BCUT2D eigenvalue weighted by molar-refractivity contribution is -0.149. The minimum atomic E-state index is -0.508. The van der Waals surface area contributed by atoms with Gasteiger partial charge in [-0.1, -0.05) is 39.7 Å². The van der Waals surface area contributed by atoms with Gasteiger partial charge in [-0.2, -0.15) is 9.78 Å². The van der Waals surface area contributed by atoms with Crippen LogP contribution in [0.15, 0.2) is 85.5 Å². The number of hydrogen-bond donors (Lipinski definition) is 0. The lowest BCUT2D eigenvalue weighted by Gasteiger charge is -2.11. The molecule has 0 amide bonds. The van der Waals surface area contributed by atoms with Crippen LogP contribution in [0.1, 0.15) is 19.4 Å². The van der Waals surface area contributed by atoms with Crippen LogP contribution in [0.5, 0.6) is 5.75 Å². The van der Waals surface area contributed by atoms with Crippen LogP contribution in [-0.2, 0) is 9.53 Å². The smallest absolute Gasteiger partial charge is 0.344 e. The number of esters is 1. The number of furan rings is 1. The van der Waals surface area contributed by atoms with Gasteiger partial charge in [-0.05, 0) is 68.4 Å². The molecule has 0 radical (unpaired) electrons. The zero-order chi connectivity index (χ0) is 26.8. The van der Waals surface area contributed by atoms with Gasteiger partial charge in [-0.25, -0.2) is 9.78 Å². The van der Waals surface area contributed by atoms with Crippen molar-refractivity contribution in [3.05, 3.63) is 92.1 Å². The molecule has 0 aliphatic carbocycles. The fraction of sp³-hybridized carbons (Fsp3) is 0.143. The van der Waals surface area contributed by atoms with E-state index in [-0.39, 0.29) is 24.1 Å². The summed E-state index contributed by atoms with van der Waals surface area (Å²) in [5.41, 5.74) is 1.22. The molecular weight excluding hydrogens is 574 g/mol. The number of benzene rings is 3. The molecule has 192 valence electrons. The Labute approximate surface area is 230 Å². The SMILES string of the molecule is CC(C)OC(=O)COc1ccc(Cl)cc1C=Nn1c(-c2cc3cc(Br)ccc3o2)nc2ccccc2c1=O. The molecule has 0 saturated carbocycles. The molecule has 0 aliphatic rings. The third-order valence-electron chi connectivity index (χ3n) is 5.45. The van der Waals surface area contributed by atoms with E-state index in [2.05, 4.69) is 26.0 Å². The summed E-state index contributed by atoms with van der Waals surface area (Å²) in [4.78, 5) is 30.2. The van der Waals surface area contributed by atoms with E-state index in [0.29, 0.717) is 38.6 Å². The van der Waals surface area contributed by atoms with Crippen LogP contribution in [-0.4, -0.2) is 34.6 Å². The fourth-order valence-electron chi connectivity index (χ4n) is 3.82. The summed E-state index contributed by atoms with van der Waals surface area (Å²) >= 11 is 9.68. The molecule has 0 N–H and O–H groups in total. The van der Waals surface area contributed by atoms with E-state index < -0.39 is 5.97 Å². The molecule has 0 bridgehead atoms. The second-order valence-corrected chi connectivity index (χ2v) is 9.97. The lowest BCUT2D eigenvalue weighted by atomic mass is 10.2. The first-order valence-electron chi connectivity index (χ1n) is 11.7. The van der Waals surface area contributed by atoms with E-state index in [1.165, 1.54) is 10.9 Å². The summed E-state index contributed by atoms with van der Waals surface area (Å²) in [6.45, 7) is 3.22. The predicted octanol–water partition coefficient (Wildman–Crippen LogP) is 6.44. The van der Waals surface area contributed by atoms with Crippen LogP contribution in [0, 0.1) is 0 Å². The van der Waals surface area contributed by atoms with Gasteiger partial charge in [-0.3, -0.25) is 4.79 Å². The van der Waals surface area contributed by atoms with Crippen LogP contribution < -0.4 is 10.3 Å². The van der Waals surface area contributed by atoms with Gasteiger partial charge in [0.05, 0.1) is 23.2 Å². The van der Waals surface area contributed by atoms with Crippen molar-refractivity contribution in [3.63, 3.8) is 0 Å². The summed E-state index contributed by atoms with van der Waals surface area (Å²) in [5.74, 6) is 0.432. The molecule has 0 atom stereocenters. The monoisotopic (exact) mass is 593 g/mol. The summed E-state index contributed by atoms with van der Waals surface area (Å²) in [6.07, 6.45) is 1.16. The van der Waals surface area contributed by atoms with E-state index in [1.54, 1.807) is 56.3 Å². The quantitative estimate of drug-likeness (QED) is 0.159. The molecule has 10 heteroatoms. The third kappa shape index (κ3) is 5.49. The number of aromatic nitrogens is 2. The van der Waals surface area contributed by atoms with Gasteiger partial charge in [0.25, 0.3) is 5.56 Å². The number of carbonyl (C=O) groups is 1. The Bertz CT molecular complexity index is 1760. The van der Waals surface area contributed by atoms with Crippen molar-refractivity contribution in [1.29, 1.82) is 0 Å². The molecule has 0 fully saturated rings. The van der Waals surface area contributed by atoms with Crippen molar-refractivity contribution in [1.82, 2.24) is 9.66 Å². The van der Waals surface area contributed by atoms with Gasteiger partial charge >= 0.3 is 5.97 Å². The molecule has 0 unspecified atom stereocenters. The maximum absolute atomic E-state index is 13.5. The number of rotatable bonds is 7. The Morgan fingerprint density at radius 3 is 2.79 bits per heavy atom. The van der Waals surface area contributed by atoms with Gasteiger partial charge < -0.3 is 13.9 Å². The van der Waals surface area contributed by atoms with Crippen LogP contribution in [0.3, 0.4) is 0 Å². The Kier molecular flexibility index (Phi) is 7.31. The van der Waals surface area contributed by atoms with E-state index in [1.807, 2.05) is 24.3 Å². The minimum absolute atomic E-state index is 0.224. The highest BCUT2D eigenvalue weighted by Crippen LogP contribution is 2.29. The van der Waals surface area contributed by atoms with Crippen LogP contribution in [0.2, 0.25) is 5.02 Å². The summed E-state index contributed by atoms with van der Waals surface area (Å²) < 4.78 is 18.9. The van der Waals surface area contributed by atoms with Crippen molar-refractivity contribution in [2.24, 2.45) is 5.10 Å². The van der Waals surface area contributed by atoms with Crippen molar-refractivity contribution in [2.75, 3.05) is 6.61 Å². The summed E-state index contributed by atoms with van der Waals surface area (Å²) in [5, 5.41) is 6.12. The second kappa shape index (κ2) is 10.8. The predicted molar refractivity (Wildman–Crippen MR) is 150 cm³/mol. The molecule has 0 saturated heterocycles. The highest BCUT2D eigenvalue weighted by Gasteiger charge is 2.17. The zero-order valence-electron chi connectivity index (χ0n) is 20.4. The van der Waals surface area contributed by atoms with E-state index in [9.17, 15) is 9.59 Å². The number of nitrogens with zero attached hydrogens (tertiary/aromatic N) is 3. The number of halogens is 2. The van der Waals surface area contributed by atoms with E-state index in [4.69, 9.17) is 25.5 Å². The maximum Gasteiger partial charge on any atom is 0.344 e. The zero-order valence-corrected chi connectivity index (χ0v) is 22.7. The lowest BCUT2D eigenvalue weighted by Crippen LogP contribution is -2.20. The average molecular weight is 595 g/mol. The van der Waals surface area contributed by atoms with Crippen LogP contribution >= 0.6 is 27.5 Å². The number of fused-ring (bicyclic) bond motifs is 2. The van der Waals surface area contributed by atoms with Crippen molar-refractivity contribution in [2.45, 2.75) is 20.0 Å². The molecule has 38 heavy (non-hydrogen) atoms. The largest absolute Gasteiger partial charge is 0.481 e. The normalized spacial score (nSPS) is 11.6. The first-order chi connectivity index (χ1) is 18.3. The third-order valence-corrected chi connectivity index (χ3v) is 6.18. The highest BCUT2D eigenvalue weighted by atomic mass is 79.9. The number of hydrogen-bond acceptors (Lipinski definition) is 7. The number of carbonyl (C=O) groups excluding carboxylic acids is 1. The Balaban J connectivity index is 1.59. The first kappa shape index (κ1) is 25.7. The topological polar surface area (TPSA) is 95.9 Å². The van der Waals surface area contributed by atoms with Crippen LogP contribution in [0.25, 0.3) is 33.5 Å². The average Bonchev–Trinajstić information content (AvgIpc) is 3.30. The Morgan fingerprint density at radius 2 is 1.97 bits per heavy atom. The Morgan fingerprint density at radius 1 is 1.16 bits per heavy atom. The van der Waals surface area contributed by atoms with E-state index >= 15 is 0 Å². The second-order valence-electron chi connectivity index (χ2n) is 8.62. The highest BCUT2D eigenvalue weighted by molar-refractivity contribution is 9.10. The number of ether oxygens (including phenoxy) is 2. The fourth-order valence-corrected chi connectivity index (χ4v) is 4.38. The molecule has 2 heterocycles. The van der Waals surface area contributed by atoms with Gasteiger partial charge in [0.1, 0.15) is 11.3 Å². The number of para-hydroxylation sites is 1. The maximum atomic E-state index is 13.5. The first-order valence-corrected chi connectivity index (χ1v) is 12.8. The molecule has 0 spiro atoms.